The van der Waals surface area contributed by atoms with Gasteiger partial charge in [-0.15, -0.1) is 0 Å². The van der Waals surface area contributed by atoms with Crippen LogP contribution < -0.4 is 9.80 Å². The highest BCUT2D eigenvalue weighted by Gasteiger charge is 2.27. The van der Waals surface area contributed by atoms with Gasteiger partial charge in [-0.2, -0.15) is 0 Å². The van der Waals surface area contributed by atoms with Crippen molar-refractivity contribution in [3.63, 3.8) is 0 Å². The van der Waals surface area contributed by atoms with Gasteiger partial charge in [-0.3, -0.25) is 15.7 Å². The van der Waals surface area contributed by atoms with E-state index in [0.717, 1.165) is 11.4 Å². The molecule has 31 heavy (non-hydrogen) atoms. The molecule has 0 saturated carbocycles. The Morgan fingerprint density at radius 1 is 1.10 bits per heavy atom. The summed E-state index contributed by atoms with van der Waals surface area (Å²) in [5.41, 5.74) is 3.11. The molecule has 0 saturated heterocycles. The van der Waals surface area contributed by atoms with E-state index in [9.17, 15) is 4.79 Å². The third-order valence-electron chi connectivity index (χ3n) is 4.98. The lowest BCUT2D eigenvalue weighted by atomic mass is 10.1. The SMILES string of the molecule is CC(=N)N1C(=N)CCN(c2ccc(Cl)cc2)c2cc(-c3ncc(C(=O)O)cn3)ccc21. The van der Waals surface area contributed by atoms with E-state index < -0.39 is 5.97 Å². The van der Waals surface area contributed by atoms with Gasteiger partial charge in [-0.25, -0.2) is 14.8 Å². The molecule has 4 rings (SSSR count). The van der Waals surface area contributed by atoms with Crippen LogP contribution in [0.1, 0.15) is 23.7 Å². The van der Waals surface area contributed by atoms with E-state index in [1.54, 1.807) is 11.8 Å². The van der Waals surface area contributed by atoms with Gasteiger partial charge < -0.3 is 10.0 Å². The minimum absolute atomic E-state index is 0.0142. The first-order chi connectivity index (χ1) is 14.8. The third-order valence-corrected chi connectivity index (χ3v) is 5.23. The maximum Gasteiger partial charge on any atom is 0.338 e. The van der Waals surface area contributed by atoms with E-state index in [4.69, 9.17) is 27.5 Å². The number of hydrogen-bond donors (Lipinski definition) is 3. The fourth-order valence-corrected chi connectivity index (χ4v) is 3.65. The Morgan fingerprint density at radius 2 is 1.77 bits per heavy atom. The molecule has 1 aliphatic heterocycles. The molecule has 2 heterocycles. The lowest BCUT2D eigenvalue weighted by Gasteiger charge is -2.27. The number of halogens is 1. The Kier molecular flexibility index (Phi) is 5.39. The van der Waals surface area contributed by atoms with Crippen LogP contribution in [0.3, 0.4) is 0 Å². The minimum atomic E-state index is -1.09. The predicted molar refractivity (Wildman–Crippen MR) is 121 cm³/mol. The minimum Gasteiger partial charge on any atom is -0.478 e. The summed E-state index contributed by atoms with van der Waals surface area (Å²) in [7, 11) is 0. The van der Waals surface area contributed by atoms with Crippen LogP contribution in [0.15, 0.2) is 54.9 Å². The summed E-state index contributed by atoms with van der Waals surface area (Å²) in [6.45, 7) is 2.19. The van der Waals surface area contributed by atoms with Gasteiger partial charge >= 0.3 is 5.97 Å². The van der Waals surface area contributed by atoms with Crippen molar-refractivity contribution in [1.82, 2.24) is 9.97 Å². The number of nitrogens with zero attached hydrogens (tertiary/aromatic N) is 4. The maximum atomic E-state index is 11.1. The van der Waals surface area contributed by atoms with Crippen LogP contribution >= 0.6 is 11.6 Å². The van der Waals surface area contributed by atoms with Gasteiger partial charge in [0.2, 0.25) is 0 Å². The Labute approximate surface area is 183 Å². The number of amidine groups is 2. The standard InChI is InChI=1S/C22H19ClN6O2/c1-13(24)29-18-7-2-14(21-26-11-15(12-27-21)22(30)31)10-19(18)28(9-8-20(29)25)17-5-3-16(23)4-6-17/h2-7,10-12,24-25H,8-9H2,1H3,(H,30,31). The van der Waals surface area contributed by atoms with Crippen molar-refractivity contribution in [1.29, 1.82) is 10.8 Å². The number of fused-ring (bicyclic) bond motifs is 1. The number of benzene rings is 2. The first-order valence-corrected chi connectivity index (χ1v) is 9.88. The number of nitrogens with one attached hydrogen (secondary N) is 2. The highest BCUT2D eigenvalue weighted by Crippen LogP contribution is 2.40. The van der Waals surface area contributed by atoms with E-state index >= 15 is 0 Å². The summed E-state index contributed by atoms with van der Waals surface area (Å²) in [4.78, 5) is 23.2. The molecule has 8 nitrogen and oxygen atoms in total. The van der Waals surface area contributed by atoms with E-state index in [1.165, 1.54) is 12.4 Å². The molecule has 0 unspecified atom stereocenters. The normalized spacial score (nSPS) is 13.5. The van der Waals surface area contributed by atoms with Gasteiger partial charge in [0.1, 0.15) is 11.7 Å². The van der Waals surface area contributed by atoms with E-state index in [0.29, 0.717) is 40.9 Å². The smallest absolute Gasteiger partial charge is 0.338 e. The second kappa shape index (κ2) is 8.16. The van der Waals surface area contributed by atoms with E-state index in [-0.39, 0.29) is 11.4 Å². The average molecular weight is 435 g/mol. The number of carboxylic acids is 1. The lowest BCUT2D eigenvalue weighted by Crippen LogP contribution is -2.33. The van der Waals surface area contributed by atoms with E-state index in [2.05, 4.69) is 14.9 Å². The van der Waals surface area contributed by atoms with Crippen molar-refractivity contribution in [3.05, 3.63) is 65.4 Å². The Balaban J connectivity index is 1.86. The molecule has 3 N–H and O–H groups in total. The zero-order valence-electron chi connectivity index (χ0n) is 16.6. The molecule has 0 bridgehead atoms. The second-order valence-corrected chi connectivity index (χ2v) is 7.49. The number of aromatic nitrogens is 2. The Morgan fingerprint density at radius 3 is 2.39 bits per heavy atom. The monoisotopic (exact) mass is 434 g/mol. The maximum absolute atomic E-state index is 11.1. The van der Waals surface area contributed by atoms with E-state index in [1.807, 2.05) is 42.5 Å². The molecule has 3 aromatic rings. The fourth-order valence-electron chi connectivity index (χ4n) is 3.52. The predicted octanol–water partition coefficient (Wildman–Crippen LogP) is 4.82. The number of anilines is 3. The van der Waals surface area contributed by atoms with Crippen LogP contribution in [0.5, 0.6) is 0 Å². The fraction of sp³-hybridized carbons (Fsp3) is 0.136. The van der Waals surface area contributed by atoms with Gasteiger partial charge in [-0.1, -0.05) is 11.6 Å². The quantitative estimate of drug-likeness (QED) is 0.402. The van der Waals surface area contributed by atoms with Crippen molar-refractivity contribution >= 4 is 46.3 Å². The summed E-state index contributed by atoms with van der Waals surface area (Å²) in [5, 5.41) is 26.4. The van der Waals surface area contributed by atoms with Gasteiger partial charge in [-0.05, 0) is 49.4 Å². The highest BCUT2D eigenvalue weighted by molar-refractivity contribution is 6.30. The van der Waals surface area contributed by atoms with Gasteiger partial charge in [0.25, 0.3) is 0 Å². The number of rotatable bonds is 3. The molecule has 1 aliphatic rings. The molecule has 0 amide bonds. The molecule has 156 valence electrons. The molecule has 0 radical (unpaired) electrons. The topological polar surface area (TPSA) is 117 Å². The molecule has 0 aliphatic carbocycles. The number of carbonyl (C=O) groups is 1. The number of carboxylic acid groups (broad SMARTS) is 1. The van der Waals surface area contributed by atoms with Crippen LogP contribution in [0.2, 0.25) is 5.02 Å². The first kappa shape index (κ1) is 20.5. The van der Waals surface area contributed by atoms with Crippen molar-refractivity contribution < 1.29 is 9.90 Å². The molecule has 0 spiro atoms. The van der Waals surface area contributed by atoms with Crippen LogP contribution in [0, 0.1) is 10.8 Å². The van der Waals surface area contributed by atoms with Crippen LogP contribution in [-0.4, -0.2) is 39.3 Å². The molecule has 2 aromatic carbocycles. The van der Waals surface area contributed by atoms with Crippen molar-refractivity contribution in [2.45, 2.75) is 13.3 Å². The van der Waals surface area contributed by atoms with Crippen molar-refractivity contribution in [2.75, 3.05) is 16.3 Å². The lowest BCUT2D eigenvalue weighted by molar-refractivity contribution is 0.0696. The second-order valence-electron chi connectivity index (χ2n) is 7.05. The molecule has 1 aromatic heterocycles. The van der Waals surface area contributed by atoms with Crippen molar-refractivity contribution in [3.8, 4) is 11.4 Å². The van der Waals surface area contributed by atoms with Crippen molar-refractivity contribution in [2.24, 2.45) is 0 Å². The average Bonchev–Trinajstić information content (AvgIpc) is 2.90. The number of aromatic carboxylic acids is 1. The third kappa shape index (κ3) is 3.97. The molecular formula is C22H19ClN6O2. The first-order valence-electron chi connectivity index (χ1n) is 9.50. The van der Waals surface area contributed by atoms with Crippen LogP contribution in [0.25, 0.3) is 11.4 Å². The molecular weight excluding hydrogens is 416 g/mol. The molecule has 0 atom stereocenters. The highest BCUT2D eigenvalue weighted by atomic mass is 35.5. The largest absolute Gasteiger partial charge is 0.478 e. The summed E-state index contributed by atoms with van der Waals surface area (Å²) in [6, 6.07) is 13.0. The Bertz CT molecular complexity index is 1180. The molecule has 0 fully saturated rings. The van der Waals surface area contributed by atoms with Gasteiger partial charge in [0.05, 0.1) is 16.9 Å². The Hall–Kier alpha value is -3.78. The van der Waals surface area contributed by atoms with Gasteiger partial charge in [0.15, 0.2) is 5.82 Å². The van der Waals surface area contributed by atoms with Crippen LogP contribution in [-0.2, 0) is 0 Å². The summed E-state index contributed by atoms with van der Waals surface area (Å²) in [6.07, 6.45) is 3.00. The van der Waals surface area contributed by atoms with Gasteiger partial charge in [0, 0.05) is 41.6 Å². The summed E-state index contributed by atoms with van der Waals surface area (Å²) >= 11 is 6.06. The zero-order chi connectivity index (χ0) is 22.1. The van der Waals surface area contributed by atoms with Crippen LogP contribution in [0.4, 0.5) is 17.1 Å². The number of hydrogen-bond acceptors (Lipinski definition) is 6. The summed E-state index contributed by atoms with van der Waals surface area (Å²) in [5.74, 6) is -0.113. The zero-order valence-corrected chi connectivity index (χ0v) is 17.4. The summed E-state index contributed by atoms with van der Waals surface area (Å²) < 4.78 is 0. The molecule has 9 heteroatoms.